The van der Waals surface area contributed by atoms with Gasteiger partial charge >= 0.3 is 5.97 Å². The molecule has 1 amide bonds. The zero-order valence-corrected chi connectivity index (χ0v) is 18.4. The van der Waals surface area contributed by atoms with Gasteiger partial charge in [0.05, 0.1) is 19.2 Å². The van der Waals surface area contributed by atoms with Crippen LogP contribution in [0.4, 0.5) is 0 Å². The molecule has 0 saturated carbocycles. The number of thiophene rings is 1. The van der Waals surface area contributed by atoms with Crippen molar-refractivity contribution in [2.75, 3.05) is 13.7 Å². The van der Waals surface area contributed by atoms with E-state index in [1.54, 1.807) is 36.1 Å². The summed E-state index contributed by atoms with van der Waals surface area (Å²) in [5, 5.41) is 0.504. The summed E-state index contributed by atoms with van der Waals surface area (Å²) in [6.07, 6.45) is 0.780. The number of methoxy groups -OCH3 is 1. The van der Waals surface area contributed by atoms with Crippen molar-refractivity contribution in [3.63, 3.8) is 0 Å². The van der Waals surface area contributed by atoms with E-state index in [0.717, 1.165) is 11.3 Å². The first-order chi connectivity index (χ1) is 13.8. The quantitative estimate of drug-likeness (QED) is 0.674. The summed E-state index contributed by atoms with van der Waals surface area (Å²) in [6, 6.07) is 6.85. The molecule has 0 spiro atoms. The van der Waals surface area contributed by atoms with Gasteiger partial charge in [0, 0.05) is 29.4 Å². The molecule has 29 heavy (non-hydrogen) atoms. The van der Waals surface area contributed by atoms with E-state index in [1.165, 1.54) is 7.11 Å². The Morgan fingerprint density at radius 1 is 1.34 bits per heavy atom. The summed E-state index contributed by atoms with van der Waals surface area (Å²) >= 11 is 6.96. The Morgan fingerprint density at radius 3 is 2.76 bits per heavy atom. The monoisotopic (exact) mass is 456 g/mol. The van der Waals surface area contributed by atoms with Crippen LogP contribution < -0.4 is 4.72 Å². The van der Waals surface area contributed by atoms with E-state index in [0.29, 0.717) is 47.0 Å². The maximum Gasteiger partial charge on any atom is 0.340 e. The van der Waals surface area contributed by atoms with Crippen molar-refractivity contribution in [3.8, 4) is 0 Å². The molecule has 10 heteroatoms. The van der Waals surface area contributed by atoms with E-state index < -0.39 is 16.0 Å². The number of esters is 1. The number of hydrogen-bond donors (Lipinski definition) is 1. The summed E-state index contributed by atoms with van der Waals surface area (Å²) in [5.74, 6) is -0.701. The number of rotatable bonds is 6. The zero-order valence-electron chi connectivity index (χ0n) is 16.0. The largest absolute Gasteiger partial charge is 0.465 e. The molecular formula is C19H21ClN2O5S2. The number of carbonyl (C=O) groups excluding carboxylic acids is 2. The molecule has 1 aliphatic rings. The normalized spacial score (nSPS) is 13.8. The number of nitrogens with one attached hydrogen (secondary N) is 1. The maximum atomic E-state index is 13.0. The van der Waals surface area contributed by atoms with Crippen LogP contribution in [0.5, 0.6) is 0 Å². The van der Waals surface area contributed by atoms with Crippen molar-refractivity contribution in [1.82, 2.24) is 9.62 Å². The van der Waals surface area contributed by atoms with Crippen LogP contribution in [0, 0.1) is 0 Å². The molecule has 1 aromatic heterocycles. The lowest BCUT2D eigenvalue weighted by Crippen LogP contribution is -2.35. The third-order valence-electron chi connectivity index (χ3n) is 4.67. The van der Waals surface area contributed by atoms with Crippen LogP contribution in [-0.4, -0.2) is 38.8 Å². The van der Waals surface area contributed by atoms with Gasteiger partial charge < -0.3 is 9.64 Å². The number of carbonyl (C=O) groups is 2. The Kier molecular flexibility index (Phi) is 6.62. The van der Waals surface area contributed by atoms with Crippen LogP contribution in [0.25, 0.3) is 0 Å². The second-order valence-corrected chi connectivity index (χ2v) is 10.0. The van der Waals surface area contributed by atoms with E-state index in [2.05, 4.69) is 4.72 Å². The number of sulfonamides is 1. The fourth-order valence-electron chi connectivity index (χ4n) is 3.20. The van der Waals surface area contributed by atoms with Gasteiger partial charge in [-0.3, -0.25) is 4.79 Å². The Morgan fingerprint density at radius 2 is 2.10 bits per heavy atom. The van der Waals surface area contributed by atoms with Gasteiger partial charge in [-0.05, 0) is 29.7 Å². The summed E-state index contributed by atoms with van der Waals surface area (Å²) in [5.41, 5.74) is 1.40. The number of halogens is 1. The van der Waals surface area contributed by atoms with E-state index >= 15 is 0 Å². The first-order valence-corrected chi connectivity index (χ1v) is 11.7. The van der Waals surface area contributed by atoms with E-state index in [1.807, 2.05) is 0 Å². The predicted molar refractivity (Wildman–Crippen MR) is 111 cm³/mol. The molecule has 0 unspecified atom stereocenters. The lowest BCUT2D eigenvalue weighted by Gasteiger charge is -2.26. The van der Waals surface area contributed by atoms with Gasteiger partial charge in [-0.1, -0.05) is 30.7 Å². The predicted octanol–water partition coefficient (Wildman–Crippen LogP) is 2.96. The molecule has 2 heterocycles. The maximum absolute atomic E-state index is 13.0. The molecule has 1 aromatic carbocycles. The van der Waals surface area contributed by atoms with Gasteiger partial charge in [0.2, 0.25) is 5.91 Å². The van der Waals surface area contributed by atoms with Crippen LogP contribution >= 0.6 is 22.9 Å². The van der Waals surface area contributed by atoms with Crippen LogP contribution in [0.2, 0.25) is 5.02 Å². The smallest absolute Gasteiger partial charge is 0.340 e. The second kappa shape index (κ2) is 8.83. The van der Waals surface area contributed by atoms with Crippen LogP contribution in [0.3, 0.4) is 0 Å². The van der Waals surface area contributed by atoms with E-state index in [9.17, 15) is 18.0 Å². The van der Waals surface area contributed by atoms with Crippen molar-refractivity contribution in [3.05, 3.63) is 50.9 Å². The van der Waals surface area contributed by atoms with Gasteiger partial charge in [0.25, 0.3) is 10.0 Å². The standard InChI is InChI=1S/C19H21ClN2O5S2/c1-3-16(23)22-8-7-14-15(11-22)28-19(17(14)18(24)27-2)29(25,26)21-10-12-5-4-6-13(20)9-12/h4-6,9,21H,3,7-8,10-11H2,1-2H3. The molecule has 1 N–H and O–H groups in total. The minimum atomic E-state index is -3.97. The van der Waals surface area contributed by atoms with Crippen LogP contribution in [0.1, 0.15) is 39.7 Å². The fraction of sp³-hybridized carbons (Fsp3) is 0.368. The molecule has 0 aliphatic carbocycles. The Balaban J connectivity index is 1.94. The number of fused-ring (bicyclic) bond motifs is 1. The van der Waals surface area contributed by atoms with E-state index in [4.69, 9.17) is 16.3 Å². The highest BCUT2D eigenvalue weighted by Crippen LogP contribution is 2.36. The van der Waals surface area contributed by atoms with Crippen molar-refractivity contribution >= 4 is 44.8 Å². The summed E-state index contributed by atoms with van der Waals surface area (Å²) in [6.45, 7) is 2.55. The van der Waals surface area contributed by atoms with Crippen LogP contribution in [0.15, 0.2) is 28.5 Å². The first-order valence-electron chi connectivity index (χ1n) is 9.01. The molecule has 0 saturated heterocycles. The lowest BCUT2D eigenvalue weighted by atomic mass is 10.0. The SMILES string of the molecule is CCC(=O)N1CCc2c(sc(S(=O)(=O)NCc3cccc(Cl)c3)c2C(=O)OC)C1. The van der Waals surface area contributed by atoms with Gasteiger partial charge in [0.15, 0.2) is 0 Å². The number of ether oxygens (including phenoxy) is 1. The highest BCUT2D eigenvalue weighted by molar-refractivity contribution is 7.91. The van der Waals surface area contributed by atoms with E-state index in [-0.39, 0.29) is 22.2 Å². The van der Waals surface area contributed by atoms with Crippen molar-refractivity contribution in [2.45, 2.75) is 37.1 Å². The molecule has 0 fully saturated rings. The number of nitrogens with zero attached hydrogens (tertiary/aromatic N) is 1. The Hall–Kier alpha value is -1.94. The van der Waals surface area contributed by atoms with Crippen molar-refractivity contribution < 1.29 is 22.7 Å². The van der Waals surface area contributed by atoms with Crippen molar-refractivity contribution in [1.29, 1.82) is 0 Å². The summed E-state index contributed by atoms with van der Waals surface area (Å²) < 4.78 is 33.3. The molecule has 0 bridgehead atoms. The first kappa shape index (κ1) is 21.8. The number of hydrogen-bond acceptors (Lipinski definition) is 6. The highest BCUT2D eigenvalue weighted by Gasteiger charge is 2.34. The number of benzene rings is 1. The Bertz CT molecular complexity index is 1050. The summed E-state index contributed by atoms with van der Waals surface area (Å²) in [7, 11) is -2.75. The van der Waals surface area contributed by atoms with Crippen LogP contribution in [-0.2, 0) is 39.1 Å². The molecule has 0 atom stereocenters. The van der Waals surface area contributed by atoms with Gasteiger partial charge in [0.1, 0.15) is 4.21 Å². The average Bonchev–Trinajstić information content (AvgIpc) is 3.11. The molecule has 156 valence electrons. The Labute approximate surface area is 178 Å². The minimum Gasteiger partial charge on any atom is -0.465 e. The second-order valence-electron chi connectivity index (χ2n) is 6.53. The topological polar surface area (TPSA) is 92.8 Å². The van der Waals surface area contributed by atoms with Crippen molar-refractivity contribution in [2.24, 2.45) is 0 Å². The molecule has 0 radical (unpaired) electrons. The average molecular weight is 457 g/mol. The summed E-state index contributed by atoms with van der Waals surface area (Å²) in [4.78, 5) is 26.8. The third kappa shape index (κ3) is 4.63. The molecular weight excluding hydrogens is 436 g/mol. The molecule has 7 nitrogen and oxygen atoms in total. The third-order valence-corrected chi connectivity index (χ3v) is 8.04. The lowest BCUT2D eigenvalue weighted by molar-refractivity contribution is -0.131. The van der Waals surface area contributed by atoms with Gasteiger partial charge in [-0.15, -0.1) is 11.3 Å². The highest BCUT2D eigenvalue weighted by atomic mass is 35.5. The van der Waals surface area contributed by atoms with Gasteiger partial charge in [-0.25, -0.2) is 17.9 Å². The molecule has 2 aromatic rings. The molecule has 3 rings (SSSR count). The minimum absolute atomic E-state index is 0.00726. The molecule has 1 aliphatic heterocycles. The fourth-order valence-corrected chi connectivity index (χ4v) is 6.38. The van der Waals surface area contributed by atoms with Gasteiger partial charge in [-0.2, -0.15) is 0 Å². The zero-order chi connectivity index (χ0) is 21.2. The number of amides is 1.